The molecule has 2 N–H and O–H groups in total. The van der Waals surface area contributed by atoms with Crippen molar-refractivity contribution in [3.8, 4) is 11.5 Å². The van der Waals surface area contributed by atoms with Gasteiger partial charge in [-0.3, -0.25) is 4.79 Å². The molecule has 0 saturated heterocycles. The molecule has 0 aliphatic rings. The van der Waals surface area contributed by atoms with Crippen LogP contribution in [0, 0.1) is 5.82 Å². The molecule has 0 spiro atoms. The number of nitrogens with one attached hydrogen (secondary N) is 1. The van der Waals surface area contributed by atoms with Gasteiger partial charge in [0.05, 0.1) is 12.1 Å². The van der Waals surface area contributed by atoms with Crippen molar-refractivity contribution in [1.82, 2.24) is 10.3 Å². The number of benzene rings is 1. The van der Waals surface area contributed by atoms with E-state index in [0.29, 0.717) is 11.3 Å². The van der Waals surface area contributed by atoms with Crippen LogP contribution in [0.4, 0.5) is 4.39 Å². The minimum atomic E-state index is -1.36. The monoisotopic (exact) mass is 306 g/mol. The molecule has 6 nitrogen and oxygen atoms in total. The molecule has 1 aromatic heterocycles. The third kappa shape index (κ3) is 3.69. The highest BCUT2D eigenvalue weighted by Crippen LogP contribution is 2.19. The van der Waals surface area contributed by atoms with Gasteiger partial charge in [0, 0.05) is 5.56 Å². The lowest BCUT2D eigenvalue weighted by Gasteiger charge is -2.20. The number of oxazole rings is 1. The SMILES string of the molecule is CC(C)(NC(=O)Cc1coc(-c2ccc(F)cc2)n1)C(=O)O. The molecule has 0 atom stereocenters. The summed E-state index contributed by atoms with van der Waals surface area (Å²) in [5, 5.41) is 11.3. The van der Waals surface area contributed by atoms with Gasteiger partial charge in [-0.1, -0.05) is 0 Å². The predicted molar refractivity (Wildman–Crippen MR) is 75.5 cm³/mol. The molecule has 0 fully saturated rings. The van der Waals surface area contributed by atoms with E-state index < -0.39 is 17.4 Å². The fourth-order valence-electron chi connectivity index (χ4n) is 1.72. The molecule has 0 unspecified atom stereocenters. The van der Waals surface area contributed by atoms with Gasteiger partial charge >= 0.3 is 5.97 Å². The number of aromatic nitrogens is 1. The zero-order chi connectivity index (χ0) is 16.3. The van der Waals surface area contributed by atoms with Gasteiger partial charge in [-0.05, 0) is 38.1 Å². The Morgan fingerprint density at radius 2 is 1.95 bits per heavy atom. The first-order chi connectivity index (χ1) is 10.3. The van der Waals surface area contributed by atoms with E-state index in [1.165, 1.54) is 44.4 Å². The summed E-state index contributed by atoms with van der Waals surface area (Å²) in [6.07, 6.45) is 1.20. The van der Waals surface area contributed by atoms with Crippen LogP contribution in [0.2, 0.25) is 0 Å². The predicted octanol–water partition coefficient (Wildman–Crippen LogP) is 2.00. The van der Waals surface area contributed by atoms with Crippen molar-refractivity contribution in [2.45, 2.75) is 25.8 Å². The fourth-order valence-corrected chi connectivity index (χ4v) is 1.72. The Hall–Kier alpha value is -2.70. The van der Waals surface area contributed by atoms with E-state index in [9.17, 15) is 14.0 Å². The summed E-state index contributed by atoms with van der Waals surface area (Å²) in [5.74, 6) is -1.72. The number of carboxylic acid groups (broad SMARTS) is 1. The van der Waals surface area contributed by atoms with Gasteiger partial charge in [-0.15, -0.1) is 0 Å². The van der Waals surface area contributed by atoms with Crippen molar-refractivity contribution in [3.63, 3.8) is 0 Å². The lowest BCUT2D eigenvalue weighted by molar-refractivity contribution is -0.145. The zero-order valence-corrected chi connectivity index (χ0v) is 12.1. The Bertz CT molecular complexity index is 692. The molecule has 0 aliphatic heterocycles. The second-order valence-corrected chi connectivity index (χ2v) is 5.31. The molecule has 0 radical (unpaired) electrons. The number of hydrogen-bond acceptors (Lipinski definition) is 4. The van der Waals surface area contributed by atoms with Gasteiger partial charge < -0.3 is 14.8 Å². The van der Waals surface area contributed by atoms with Crippen LogP contribution in [0.3, 0.4) is 0 Å². The maximum Gasteiger partial charge on any atom is 0.328 e. The molecule has 0 aliphatic carbocycles. The van der Waals surface area contributed by atoms with E-state index in [1.54, 1.807) is 0 Å². The number of nitrogens with zero attached hydrogens (tertiary/aromatic N) is 1. The van der Waals surface area contributed by atoms with Gasteiger partial charge in [0.15, 0.2) is 0 Å². The van der Waals surface area contributed by atoms with Crippen LogP contribution in [0.1, 0.15) is 19.5 Å². The minimum absolute atomic E-state index is 0.110. The van der Waals surface area contributed by atoms with E-state index in [1.807, 2.05) is 0 Å². The maximum absolute atomic E-state index is 12.9. The summed E-state index contributed by atoms with van der Waals surface area (Å²) < 4.78 is 18.1. The Kier molecular flexibility index (Phi) is 4.25. The van der Waals surface area contributed by atoms with Gasteiger partial charge in [-0.25, -0.2) is 14.2 Å². The summed E-state index contributed by atoms with van der Waals surface area (Å²) in [4.78, 5) is 26.9. The average Bonchev–Trinajstić information content (AvgIpc) is 2.87. The molecular weight excluding hydrogens is 291 g/mol. The van der Waals surface area contributed by atoms with E-state index >= 15 is 0 Å². The molecule has 2 rings (SSSR count). The van der Waals surface area contributed by atoms with E-state index in [0.717, 1.165) is 0 Å². The summed E-state index contributed by atoms with van der Waals surface area (Å²) >= 11 is 0. The van der Waals surface area contributed by atoms with Crippen molar-refractivity contribution < 1.29 is 23.5 Å². The van der Waals surface area contributed by atoms with Crippen LogP contribution in [0.5, 0.6) is 0 Å². The summed E-state index contributed by atoms with van der Waals surface area (Å²) in [5.41, 5.74) is -0.419. The molecule has 1 amide bonds. The first-order valence-electron chi connectivity index (χ1n) is 6.53. The molecule has 7 heteroatoms. The fraction of sp³-hybridized carbons (Fsp3) is 0.267. The zero-order valence-electron chi connectivity index (χ0n) is 12.1. The van der Waals surface area contributed by atoms with Crippen molar-refractivity contribution in [1.29, 1.82) is 0 Å². The largest absolute Gasteiger partial charge is 0.480 e. The van der Waals surface area contributed by atoms with Crippen LogP contribution >= 0.6 is 0 Å². The molecule has 2 aromatic rings. The van der Waals surface area contributed by atoms with Crippen LogP contribution < -0.4 is 5.32 Å². The smallest absolute Gasteiger partial charge is 0.328 e. The van der Waals surface area contributed by atoms with Gasteiger partial charge in [0.1, 0.15) is 17.6 Å². The van der Waals surface area contributed by atoms with E-state index in [4.69, 9.17) is 9.52 Å². The molecule has 0 saturated carbocycles. The number of amides is 1. The number of carboxylic acids is 1. The molecular formula is C15H15FN2O4. The van der Waals surface area contributed by atoms with Gasteiger partial charge in [0.2, 0.25) is 11.8 Å². The van der Waals surface area contributed by atoms with E-state index in [-0.39, 0.29) is 18.1 Å². The summed E-state index contributed by atoms with van der Waals surface area (Å²) in [6, 6.07) is 5.58. The Balaban J connectivity index is 2.05. The first kappa shape index (κ1) is 15.7. The Morgan fingerprint density at radius 3 is 2.55 bits per heavy atom. The van der Waals surface area contributed by atoms with Crippen LogP contribution in [-0.4, -0.2) is 27.5 Å². The number of halogens is 1. The number of carbonyl (C=O) groups is 2. The Labute approximate surface area is 126 Å². The quantitative estimate of drug-likeness (QED) is 0.881. The molecule has 0 bridgehead atoms. The first-order valence-corrected chi connectivity index (χ1v) is 6.53. The van der Waals surface area contributed by atoms with Crippen LogP contribution in [0.15, 0.2) is 34.9 Å². The Morgan fingerprint density at radius 1 is 1.32 bits per heavy atom. The van der Waals surface area contributed by atoms with Crippen molar-refractivity contribution in [3.05, 3.63) is 42.0 Å². The topological polar surface area (TPSA) is 92.4 Å². The van der Waals surface area contributed by atoms with Crippen molar-refractivity contribution in [2.24, 2.45) is 0 Å². The highest BCUT2D eigenvalue weighted by atomic mass is 19.1. The molecule has 1 aromatic carbocycles. The van der Waals surface area contributed by atoms with E-state index in [2.05, 4.69) is 10.3 Å². The molecule has 1 heterocycles. The van der Waals surface area contributed by atoms with Crippen molar-refractivity contribution in [2.75, 3.05) is 0 Å². The second-order valence-electron chi connectivity index (χ2n) is 5.31. The lowest BCUT2D eigenvalue weighted by atomic mass is 10.1. The lowest BCUT2D eigenvalue weighted by Crippen LogP contribution is -2.50. The van der Waals surface area contributed by atoms with Gasteiger partial charge in [0.25, 0.3) is 0 Å². The minimum Gasteiger partial charge on any atom is -0.480 e. The standard InChI is InChI=1S/C15H15FN2O4/c1-15(2,14(20)21)18-12(19)7-11-8-22-13(17-11)9-3-5-10(16)6-4-9/h3-6,8H,7H2,1-2H3,(H,18,19)(H,20,21). The average molecular weight is 306 g/mol. The highest BCUT2D eigenvalue weighted by Gasteiger charge is 2.29. The van der Waals surface area contributed by atoms with Crippen LogP contribution in [0.25, 0.3) is 11.5 Å². The summed E-state index contributed by atoms with van der Waals surface area (Å²) in [6.45, 7) is 2.78. The third-order valence-corrected chi connectivity index (χ3v) is 2.97. The highest BCUT2D eigenvalue weighted by molar-refractivity contribution is 5.87. The number of carbonyl (C=O) groups excluding carboxylic acids is 1. The molecule has 22 heavy (non-hydrogen) atoms. The normalized spacial score (nSPS) is 11.2. The number of rotatable bonds is 5. The van der Waals surface area contributed by atoms with Crippen molar-refractivity contribution >= 4 is 11.9 Å². The maximum atomic E-state index is 12.9. The van der Waals surface area contributed by atoms with Crippen LogP contribution in [-0.2, 0) is 16.0 Å². The molecule has 116 valence electrons. The third-order valence-electron chi connectivity index (χ3n) is 2.97. The number of aliphatic carboxylic acids is 1. The number of hydrogen-bond donors (Lipinski definition) is 2. The van der Waals surface area contributed by atoms with Gasteiger partial charge in [-0.2, -0.15) is 0 Å². The summed E-state index contributed by atoms with van der Waals surface area (Å²) in [7, 11) is 0. The second kappa shape index (κ2) is 5.97.